The summed E-state index contributed by atoms with van der Waals surface area (Å²) in [5.41, 5.74) is 5.66. The lowest BCUT2D eigenvalue weighted by molar-refractivity contribution is 0.317. The van der Waals surface area contributed by atoms with Gasteiger partial charge in [-0.25, -0.2) is 0 Å². The highest BCUT2D eigenvalue weighted by atomic mass is 35.5. The van der Waals surface area contributed by atoms with E-state index in [0.29, 0.717) is 11.8 Å². The van der Waals surface area contributed by atoms with E-state index >= 15 is 0 Å². The molecule has 0 atom stereocenters. The fourth-order valence-corrected chi connectivity index (χ4v) is 3.86. The average molecular weight is 355 g/mol. The number of allylic oxidation sites excluding steroid dienone is 1. The minimum atomic E-state index is 0.668. The number of rotatable bonds is 6. The molecule has 1 aliphatic rings. The Morgan fingerprint density at radius 2 is 1.52 bits per heavy atom. The summed E-state index contributed by atoms with van der Waals surface area (Å²) in [4.78, 5) is 0. The molecule has 0 heterocycles. The third-order valence-electron chi connectivity index (χ3n) is 5.16. The largest absolute Gasteiger partial charge is 0.494 e. The zero-order valence-electron chi connectivity index (χ0n) is 15.0. The van der Waals surface area contributed by atoms with Crippen LogP contribution in [0.5, 0.6) is 5.75 Å². The maximum Gasteiger partial charge on any atom is 0.119 e. The predicted octanol–water partition coefficient (Wildman–Crippen LogP) is 7.17. The van der Waals surface area contributed by atoms with Gasteiger partial charge in [0.25, 0.3) is 0 Å². The SMILES string of the molecule is CCCOc1ccc(-c2ccc(C3CCC(C=CCl)CC3)cc2)cc1. The van der Waals surface area contributed by atoms with Gasteiger partial charge >= 0.3 is 0 Å². The molecule has 0 bridgehead atoms. The Hall–Kier alpha value is -1.73. The molecular formula is C23H27ClO. The van der Waals surface area contributed by atoms with Gasteiger partial charge in [-0.2, -0.15) is 0 Å². The first-order valence-corrected chi connectivity index (χ1v) is 9.84. The molecule has 2 aromatic carbocycles. The molecule has 0 N–H and O–H groups in total. The molecule has 1 saturated carbocycles. The molecular weight excluding hydrogens is 328 g/mol. The van der Waals surface area contributed by atoms with Gasteiger partial charge in [0.15, 0.2) is 0 Å². The first-order chi connectivity index (χ1) is 12.3. The molecule has 0 saturated heterocycles. The summed E-state index contributed by atoms with van der Waals surface area (Å²) >= 11 is 5.71. The lowest BCUT2D eigenvalue weighted by atomic mass is 9.78. The lowest BCUT2D eigenvalue weighted by Gasteiger charge is -2.27. The van der Waals surface area contributed by atoms with E-state index in [1.165, 1.54) is 42.4 Å². The summed E-state index contributed by atoms with van der Waals surface area (Å²) < 4.78 is 5.66. The van der Waals surface area contributed by atoms with E-state index in [0.717, 1.165) is 18.8 Å². The molecule has 0 radical (unpaired) electrons. The van der Waals surface area contributed by atoms with Gasteiger partial charge in [0.2, 0.25) is 0 Å². The second-order valence-corrected chi connectivity index (χ2v) is 7.18. The van der Waals surface area contributed by atoms with Crippen molar-refractivity contribution in [3.63, 3.8) is 0 Å². The molecule has 3 rings (SSSR count). The maximum atomic E-state index is 5.71. The van der Waals surface area contributed by atoms with E-state index in [2.05, 4.69) is 61.5 Å². The lowest BCUT2D eigenvalue weighted by Crippen LogP contribution is -2.11. The van der Waals surface area contributed by atoms with E-state index < -0.39 is 0 Å². The molecule has 0 spiro atoms. The van der Waals surface area contributed by atoms with Crippen molar-refractivity contribution in [1.82, 2.24) is 0 Å². The number of benzene rings is 2. The molecule has 1 aliphatic carbocycles. The third-order valence-corrected chi connectivity index (χ3v) is 5.30. The molecule has 25 heavy (non-hydrogen) atoms. The second-order valence-electron chi connectivity index (χ2n) is 6.92. The summed E-state index contributed by atoms with van der Waals surface area (Å²) in [7, 11) is 0. The summed E-state index contributed by atoms with van der Waals surface area (Å²) in [5.74, 6) is 2.31. The minimum Gasteiger partial charge on any atom is -0.494 e. The van der Waals surface area contributed by atoms with E-state index in [1.807, 2.05) is 0 Å². The van der Waals surface area contributed by atoms with Gasteiger partial charge in [-0.1, -0.05) is 61.0 Å². The van der Waals surface area contributed by atoms with Crippen molar-refractivity contribution in [3.05, 3.63) is 65.7 Å². The van der Waals surface area contributed by atoms with Crippen molar-refractivity contribution in [3.8, 4) is 16.9 Å². The van der Waals surface area contributed by atoms with Crippen LogP contribution in [0.4, 0.5) is 0 Å². The molecule has 1 fully saturated rings. The van der Waals surface area contributed by atoms with Crippen molar-refractivity contribution in [2.24, 2.45) is 5.92 Å². The van der Waals surface area contributed by atoms with Gasteiger partial charge in [-0.15, -0.1) is 0 Å². The Bertz CT molecular complexity index is 664. The Labute approximate surface area is 156 Å². The van der Waals surface area contributed by atoms with Gasteiger partial charge in [-0.05, 0) is 72.8 Å². The topological polar surface area (TPSA) is 9.23 Å². The van der Waals surface area contributed by atoms with Crippen LogP contribution in [0, 0.1) is 5.92 Å². The van der Waals surface area contributed by atoms with Crippen molar-refractivity contribution >= 4 is 11.6 Å². The molecule has 0 aromatic heterocycles. The summed E-state index contributed by atoms with van der Waals surface area (Å²) in [5, 5.41) is 0. The van der Waals surface area contributed by atoms with Crippen LogP contribution in [0.3, 0.4) is 0 Å². The first-order valence-electron chi connectivity index (χ1n) is 9.40. The van der Waals surface area contributed by atoms with Crippen molar-refractivity contribution in [1.29, 1.82) is 0 Å². The van der Waals surface area contributed by atoms with Gasteiger partial charge in [0, 0.05) is 5.54 Å². The molecule has 2 heteroatoms. The summed E-state index contributed by atoms with van der Waals surface area (Å²) in [6.45, 7) is 2.90. The smallest absolute Gasteiger partial charge is 0.119 e. The quantitative estimate of drug-likeness (QED) is 0.534. The Kier molecular flexibility index (Phi) is 6.58. The molecule has 1 nitrogen and oxygen atoms in total. The second kappa shape index (κ2) is 9.10. The van der Waals surface area contributed by atoms with Gasteiger partial charge in [-0.3, -0.25) is 0 Å². The number of hydrogen-bond acceptors (Lipinski definition) is 1. The van der Waals surface area contributed by atoms with Crippen LogP contribution in [-0.4, -0.2) is 6.61 Å². The van der Waals surface area contributed by atoms with Crippen LogP contribution < -0.4 is 4.74 Å². The highest BCUT2D eigenvalue weighted by Crippen LogP contribution is 2.37. The van der Waals surface area contributed by atoms with Crippen molar-refractivity contribution in [2.45, 2.75) is 44.9 Å². The highest BCUT2D eigenvalue weighted by molar-refractivity contribution is 6.25. The van der Waals surface area contributed by atoms with E-state index in [-0.39, 0.29) is 0 Å². The average Bonchev–Trinajstić information content (AvgIpc) is 2.68. The predicted molar refractivity (Wildman–Crippen MR) is 107 cm³/mol. The zero-order valence-corrected chi connectivity index (χ0v) is 15.7. The van der Waals surface area contributed by atoms with Crippen molar-refractivity contribution in [2.75, 3.05) is 6.61 Å². The molecule has 0 amide bonds. The fourth-order valence-electron chi connectivity index (χ4n) is 3.66. The van der Waals surface area contributed by atoms with E-state index in [9.17, 15) is 0 Å². The van der Waals surface area contributed by atoms with Gasteiger partial charge in [0.05, 0.1) is 6.61 Å². The summed E-state index contributed by atoms with van der Waals surface area (Å²) in [6, 6.07) is 17.5. The molecule has 0 aliphatic heterocycles. The summed E-state index contributed by atoms with van der Waals surface area (Å²) in [6.07, 6.45) is 8.19. The Morgan fingerprint density at radius 1 is 0.920 bits per heavy atom. The van der Waals surface area contributed by atoms with E-state index in [4.69, 9.17) is 16.3 Å². The molecule has 0 unspecified atom stereocenters. The molecule has 132 valence electrons. The van der Waals surface area contributed by atoms with Crippen LogP contribution in [-0.2, 0) is 0 Å². The zero-order chi connectivity index (χ0) is 17.5. The maximum absolute atomic E-state index is 5.71. The third kappa shape index (κ3) is 4.89. The van der Waals surface area contributed by atoms with Gasteiger partial charge in [0.1, 0.15) is 5.75 Å². The highest BCUT2D eigenvalue weighted by Gasteiger charge is 2.20. The fraction of sp³-hybridized carbons (Fsp3) is 0.391. The monoisotopic (exact) mass is 354 g/mol. The van der Waals surface area contributed by atoms with Crippen LogP contribution in [0.15, 0.2) is 60.1 Å². The van der Waals surface area contributed by atoms with Gasteiger partial charge < -0.3 is 4.74 Å². The van der Waals surface area contributed by atoms with E-state index in [1.54, 1.807) is 5.54 Å². The van der Waals surface area contributed by atoms with Crippen LogP contribution in [0.2, 0.25) is 0 Å². The normalized spacial score (nSPS) is 20.7. The number of hydrogen-bond donors (Lipinski definition) is 0. The standard InChI is InChI=1S/C23H27ClO/c1-2-17-25-23-13-11-22(12-14-23)21-9-7-20(8-10-21)19-5-3-18(4-6-19)15-16-24/h7-16,18-19H,2-6,17H2,1H3. The number of ether oxygens (including phenoxy) is 1. The Balaban J connectivity index is 1.62. The van der Waals surface area contributed by atoms with Crippen LogP contribution >= 0.6 is 11.6 Å². The van der Waals surface area contributed by atoms with Crippen molar-refractivity contribution < 1.29 is 4.74 Å². The molecule has 2 aromatic rings. The van der Waals surface area contributed by atoms with Crippen LogP contribution in [0.25, 0.3) is 11.1 Å². The Morgan fingerprint density at radius 3 is 2.08 bits per heavy atom. The minimum absolute atomic E-state index is 0.668. The number of halogens is 1. The first kappa shape index (κ1) is 18.1. The van der Waals surface area contributed by atoms with Crippen LogP contribution in [0.1, 0.15) is 50.5 Å².